The summed E-state index contributed by atoms with van der Waals surface area (Å²) in [6, 6.07) is 19.5. The second-order valence-corrected chi connectivity index (χ2v) is 7.13. The third kappa shape index (κ3) is 6.62. The number of methoxy groups -OCH3 is 1. The molecule has 0 aromatic heterocycles. The molecule has 7 heteroatoms. The molecule has 0 saturated carbocycles. The molecule has 7 nitrogen and oxygen atoms in total. The molecular weight excluding hydrogens is 432 g/mol. The minimum absolute atomic E-state index is 0.275. The van der Waals surface area contributed by atoms with Crippen LogP contribution in [0.2, 0.25) is 0 Å². The number of ether oxygens (including phenoxy) is 3. The van der Waals surface area contributed by atoms with E-state index in [0.29, 0.717) is 41.7 Å². The summed E-state index contributed by atoms with van der Waals surface area (Å²) in [5.41, 5.74) is 2.26. The Kier molecular flexibility index (Phi) is 8.68. The quantitative estimate of drug-likeness (QED) is 0.396. The summed E-state index contributed by atoms with van der Waals surface area (Å²) >= 11 is 0. The van der Waals surface area contributed by atoms with Gasteiger partial charge in [-0.1, -0.05) is 30.3 Å². The normalized spacial score (nSPS) is 10.6. The van der Waals surface area contributed by atoms with Gasteiger partial charge in [-0.2, -0.15) is 0 Å². The van der Waals surface area contributed by atoms with Gasteiger partial charge in [0.15, 0.2) is 0 Å². The highest BCUT2D eigenvalue weighted by Gasteiger charge is 2.16. The van der Waals surface area contributed by atoms with Gasteiger partial charge in [-0.15, -0.1) is 0 Å². The molecule has 0 spiro atoms. The van der Waals surface area contributed by atoms with Gasteiger partial charge in [0.1, 0.15) is 17.2 Å². The van der Waals surface area contributed by atoms with Crippen LogP contribution >= 0.6 is 0 Å². The average Bonchev–Trinajstić information content (AvgIpc) is 2.86. The van der Waals surface area contributed by atoms with Crippen molar-refractivity contribution in [2.45, 2.75) is 13.8 Å². The van der Waals surface area contributed by atoms with E-state index in [2.05, 4.69) is 10.6 Å². The van der Waals surface area contributed by atoms with Gasteiger partial charge in [0.05, 0.1) is 31.7 Å². The number of carbonyl (C=O) groups is 2. The number of rotatable bonds is 10. The van der Waals surface area contributed by atoms with Crippen LogP contribution in [0.25, 0.3) is 6.08 Å². The van der Waals surface area contributed by atoms with Crippen LogP contribution in [0.5, 0.6) is 17.2 Å². The van der Waals surface area contributed by atoms with E-state index in [1.165, 1.54) is 6.08 Å². The van der Waals surface area contributed by atoms with Crippen LogP contribution in [0.3, 0.4) is 0 Å². The van der Waals surface area contributed by atoms with Gasteiger partial charge in [0.2, 0.25) is 5.91 Å². The van der Waals surface area contributed by atoms with Gasteiger partial charge in [0.25, 0.3) is 5.91 Å². The van der Waals surface area contributed by atoms with E-state index in [1.807, 2.05) is 44.2 Å². The maximum Gasteiger partial charge on any atom is 0.255 e. The minimum atomic E-state index is -0.333. The van der Waals surface area contributed by atoms with Gasteiger partial charge in [-0.3, -0.25) is 9.59 Å². The first kappa shape index (κ1) is 24.4. The summed E-state index contributed by atoms with van der Waals surface area (Å²) in [6.45, 7) is 4.44. The first-order valence-electron chi connectivity index (χ1n) is 11.0. The van der Waals surface area contributed by atoms with Gasteiger partial charge in [-0.05, 0) is 49.8 Å². The molecule has 176 valence electrons. The average molecular weight is 461 g/mol. The number of amides is 2. The van der Waals surface area contributed by atoms with Crippen molar-refractivity contribution in [2.24, 2.45) is 0 Å². The second kappa shape index (κ2) is 12.1. The van der Waals surface area contributed by atoms with Crippen LogP contribution in [-0.2, 0) is 4.79 Å². The van der Waals surface area contributed by atoms with Gasteiger partial charge >= 0.3 is 0 Å². The Balaban J connectivity index is 1.82. The first-order chi connectivity index (χ1) is 16.5. The SMILES string of the molecule is CCOc1cc(NC(=O)c2ccccc2)c(OCC)cc1NC(=O)C=Cc1ccc(OC)cc1. The van der Waals surface area contributed by atoms with Crippen LogP contribution in [0.4, 0.5) is 11.4 Å². The van der Waals surface area contributed by atoms with Crippen molar-refractivity contribution in [3.05, 3.63) is 83.9 Å². The zero-order valence-electron chi connectivity index (χ0n) is 19.5. The highest BCUT2D eigenvalue weighted by Crippen LogP contribution is 2.37. The maximum atomic E-state index is 12.7. The third-order valence-electron chi connectivity index (χ3n) is 4.77. The lowest BCUT2D eigenvalue weighted by Crippen LogP contribution is -2.14. The molecule has 0 aliphatic heterocycles. The van der Waals surface area contributed by atoms with E-state index >= 15 is 0 Å². The van der Waals surface area contributed by atoms with Crippen LogP contribution in [-0.4, -0.2) is 32.1 Å². The molecule has 0 saturated heterocycles. The van der Waals surface area contributed by atoms with E-state index in [4.69, 9.17) is 14.2 Å². The highest BCUT2D eigenvalue weighted by atomic mass is 16.5. The van der Waals surface area contributed by atoms with Crippen molar-refractivity contribution >= 4 is 29.3 Å². The highest BCUT2D eigenvalue weighted by molar-refractivity contribution is 6.06. The Morgan fingerprint density at radius 1 is 0.824 bits per heavy atom. The Morgan fingerprint density at radius 3 is 1.97 bits per heavy atom. The summed E-state index contributed by atoms with van der Waals surface area (Å²) in [6.07, 6.45) is 3.13. The van der Waals surface area contributed by atoms with E-state index < -0.39 is 0 Å². The molecular formula is C27H28N2O5. The Bertz CT molecular complexity index is 1140. The predicted molar refractivity (Wildman–Crippen MR) is 134 cm³/mol. The van der Waals surface area contributed by atoms with Crippen molar-refractivity contribution in [3.63, 3.8) is 0 Å². The van der Waals surface area contributed by atoms with E-state index in [9.17, 15) is 9.59 Å². The fraction of sp³-hybridized carbons (Fsp3) is 0.185. The number of hydrogen-bond acceptors (Lipinski definition) is 5. The lowest BCUT2D eigenvalue weighted by Gasteiger charge is -2.17. The van der Waals surface area contributed by atoms with E-state index in [1.54, 1.807) is 49.6 Å². The molecule has 0 bridgehead atoms. The van der Waals surface area contributed by atoms with Crippen molar-refractivity contribution in [1.82, 2.24) is 0 Å². The summed E-state index contributed by atoms with van der Waals surface area (Å²) in [5, 5.41) is 5.70. The molecule has 0 heterocycles. The Hall–Kier alpha value is -4.26. The lowest BCUT2D eigenvalue weighted by molar-refractivity contribution is -0.111. The fourth-order valence-electron chi connectivity index (χ4n) is 3.15. The van der Waals surface area contributed by atoms with Crippen LogP contribution in [0.1, 0.15) is 29.8 Å². The number of anilines is 2. The third-order valence-corrected chi connectivity index (χ3v) is 4.77. The molecule has 3 aromatic rings. The predicted octanol–water partition coefficient (Wildman–Crippen LogP) is 5.40. The largest absolute Gasteiger partial charge is 0.497 e. The maximum absolute atomic E-state index is 12.7. The van der Waals surface area contributed by atoms with Gasteiger partial charge in [-0.25, -0.2) is 0 Å². The zero-order valence-corrected chi connectivity index (χ0v) is 19.5. The van der Waals surface area contributed by atoms with Crippen LogP contribution < -0.4 is 24.8 Å². The summed E-state index contributed by atoms with van der Waals surface area (Å²) in [4.78, 5) is 25.3. The summed E-state index contributed by atoms with van der Waals surface area (Å²) in [5.74, 6) is 0.972. The Labute approximate surface area is 199 Å². The number of benzene rings is 3. The molecule has 0 radical (unpaired) electrons. The van der Waals surface area contributed by atoms with Gasteiger partial charge < -0.3 is 24.8 Å². The number of carbonyl (C=O) groups excluding carboxylic acids is 2. The topological polar surface area (TPSA) is 85.9 Å². The zero-order chi connectivity index (χ0) is 24.3. The Morgan fingerprint density at radius 2 is 1.41 bits per heavy atom. The van der Waals surface area contributed by atoms with Gasteiger partial charge in [0, 0.05) is 23.8 Å². The van der Waals surface area contributed by atoms with Crippen molar-refractivity contribution < 1.29 is 23.8 Å². The molecule has 0 unspecified atom stereocenters. The molecule has 0 fully saturated rings. The molecule has 2 N–H and O–H groups in total. The second-order valence-electron chi connectivity index (χ2n) is 7.13. The minimum Gasteiger partial charge on any atom is -0.497 e. The monoisotopic (exact) mass is 460 g/mol. The number of hydrogen-bond donors (Lipinski definition) is 2. The smallest absolute Gasteiger partial charge is 0.255 e. The summed E-state index contributed by atoms with van der Waals surface area (Å²) < 4.78 is 16.6. The van der Waals surface area contributed by atoms with Crippen LogP contribution in [0.15, 0.2) is 72.8 Å². The fourth-order valence-corrected chi connectivity index (χ4v) is 3.15. The van der Waals surface area contributed by atoms with Crippen molar-refractivity contribution in [2.75, 3.05) is 31.0 Å². The molecule has 3 rings (SSSR count). The van der Waals surface area contributed by atoms with Crippen LogP contribution in [0, 0.1) is 0 Å². The van der Waals surface area contributed by atoms with Crippen molar-refractivity contribution in [3.8, 4) is 17.2 Å². The number of nitrogens with one attached hydrogen (secondary N) is 2. The molecule has 2 amide bonds. The standard InChI is InChI=1S/C27H28N2O5/c1-4-33-24-18-23(29-27(31)20-9-7-6-8-10-20)25(34-5-2)17-22(24)28-26(30)16-13-19-11-14-21(32-3)15-12-19/h6-18H,4-5H2,1-3H3,(H,28,30)(H,29,31). The first-order valence-corrected chi connectivity index (χ1v) is 11.0. The van der Waals surface area contributed by atoms with E-state index in [0.717, 1.165) is 11.3 Å². The molecule has 3 aromatic carbocycles. The molecule has 0 aliphatic carbocycles. The lowest BCUT2D eigenvalue weighted by atomic mass is 10.2. The van der Waals surface area contributed by atoms with E-state index in [-0.39, 0.29) is 11.8 Å². The summed E-state index contributed by atoms with van der Waals surface area (Å²) in [7, 11) is 1.60. The molecule has 34 heavy (non-hydrogen) atoms. The molecule has 0 atom stereocenters. The van der Waals surface area contributed by atoms with Crippen molar-refractivity contribution in [1.29, 1.82) is 0 Å². The molecule has 0 aliphatic rings.